The minimum absolute atomic E-state index is 0.0522. The van der Waals surface area contributed by atoms with Crippen molar-refractivity contribution in [3.8, 4) is 11.5 Å². The summed E-state index contributed by atoms with van der Waals surface area (Å²) < 4.78 is 47.2. The summed E-state index contributed by atoms with van der Waals surface area (Å²) >= 11 is 1.63. The van der Waals surface area contributed by atoms with Gasteiger partial charge in [-0.3, -0.25) is 0 Å². The summed E-state index contributed by atoms with van der Waals surface area (Å²) in [6, 6.07) is 2.95. The molecule has 16 heavy (non-hydrogen) atoms. The molecule has 7 heteroatoms. The van der Waals surface area contributed by atoms with Crippen LogP contribution in [0.4, 0.5) is 13.2 Å². The highest BCUT2D eigenvalue weighted by atomic mass is 127. The minimum atomic E-state index is -4.33. The van der Waals surface area contributed by atoms with Crippen LogP contribution in [0, 0.1) is 3.57 Å². The number of halogens is 4. The van der Waals surface area contributed by atoms with E-state index in [-0.39, 0.29) is 22.4 Å². The van der Waals surface area contributed by atoms with E-state index in [1.54, 1.807) is 0 Å². The lowest BCUT2D eigenvalue weighted by Crippen LogP contribution is -2.02. The Morgan fingerprint density at radius 2 is 1.81 bits per heavy atom. The van der Waals surface area contributed by atoms with Crippen molar-refractivity contribution in [2.24, 2.45) is 0 Å². The van der Waals surface area contributed by atoms with Crippen LogP contribution in [0.2, 0.25) is 0 Å². The van der Waals surface area contributed by atoms with Gasteiger partial charge in [-0.25, -0.2) is 0 Å². The molecular formula is C9H8F3IO2S. The largest absolute Gasteiger partial charge is 0.497 e. The van der Waals surface area contributed by atoms with Crippen LogP contribution >= 0.6 is 34.4 Å². The van der Waals surface area contributed by atoms with Gasteiger partial charge >= 0.3 is 5.51 Å². The molecule has 0 aliphatic carbocycles. The van der Waals surface area contributed by atoms with Gasteiger partial charge in [0.15, 0.2) is 0 Å². The van der Waals surface area contributed by atoms with E-state index in [1.807, 2.05) is 22.6 Å². The Bertz CT molecular complexity index is 382. The molecule has 0 atom stereocenters. The molecule has 1 rings (SSSR count). The van der Waals surface area contributed by atoms with E-state index in [1.165, 1.54) is 26.4 Å². The SMILES string of the molecule is COc1cc(I)c(SC(F)(F)F)c(OC)c1. The van der Waals surface area contributed by atoms with Crippen molar-refractivity contribution in [3.05, 3.63) is 15.7 Å². The van der Waals surface area contributed by atoms with E-state index >= 15 is 0 Å². The van der Waals surface area contributed by atoms with Crippen molar-refractivity contribution in [1.29, 1.82) is 0 Å². The van der Waals surface area contributed by atoms with E-state index in [0.29, 0.717) is 9.32 Å². The molecule has 0 saturated heterocycles. The van der Waals surface area contributed by atoms with Gasteiger partial charge in [0.2, 0.25) is 0 Å². The van der Waals surface area contributed by atoms with Crippen molar-refractivity contribution in [2.75, 3.05) is 14.2 Å². The molecule has 0 amide bonds. The van der Waals surface area contributed by atoms with Crippen LogP contribution in [0.1, 0.15) is 0 Å². The number of methoxy groups -OCH3 is 2. The van der Waals surface area contributed by atoms with Gasteiger partial charge < -0.3 is 9.47 Å². The summed E-state index contributed by atoms with van der Waals surface area (Å²) in [4.78, 5) is 0.0522. The van der Waals surface area contributed by atoms with Crippen molar-refractivity contribution in [2.45, 2.75) is 10.4 Å². The smallest absolute Gasteiger partial charge is 0.446 e. The van der Waals surface area contributed by atoms with Crippen molar-refractivity contribution >= 4 is 34.4 Å². The molecule has 2 nitrogen and oxygen atoms in total. The molecule has 0 radical (unpaired) electrons. The Labute approximate surface area is 109 Å². The molecule has 0 N–H and O–H groups in total. The molecule has 0 fully saturated rings. The van der Waals surface area contributed by atoms with Gasteiger partial charge in [0, 0.05) is 9.64 Å². The first kappa shape index (κ1) is 13.8. The number of alkyl halides is 3. The molecule has 1 aromatic rings. The zero-order valence-corrected chi connectivity index (χ0v) is 11.4. The molecule has 0 aromatic heterocycles. The van der Waals surface area contributed by atoms with Gasteiger partial charge in [-0.15, -0.1) is 0 Å². The van der Waals surface area contributed by atoms with E-state index in [9.17, 15) is 13.2 Å². The predicted molar refractivity (Wildman–Crippen MR) is 64.2 cm³/mol. The first-order valence-electron chi connectivity index (χ1n) is 4.04. The van der Waals surface area contributed by atoms with Crippen LogP contribution < -0.4 is 9.47 Å². The Balaban J connectivity index is 3.16. The molecule has 1 aromatic carbocycles. The Morgan fingerprint density at radius 3 is 2.25 bits per heavy atom. The summed E-state index contributed by atoms with van der Waals surface area (Å²) in [5.74, 6) is 0.624. The third-order valence-electron chi connectivity index (χ3n) is 1.66. The molecular weight excluding hydrogens is 356 g/mol. The first-order valence-corrected chi connectivity index (χ1v) is 5.94. The van der Waals surface area contributed by atoms with E-state index in [2.05, 4.69) is 0 Å². The third kappa shape index (κ3) is 3.62. The number of hydrogen-bond acceptors (Lipinski definition) is 3. The molecule has 0 saturated carbocycles. The number of benzene rings is 1. The van der Waals surface area contributed by atoms with Gasteiger partial charge in [-0.05, 0) is 40.4 Å². The maximum absolute atomic E-state index is 12.3. The van der Waals surface area contributed by atoms with Crippen LogP contribution in [0.3, 0.4) is 0 Å². The monoisotopic (exact) mass is 364 g/mol. The Hall–Kier alpha value is -0.310. The fourth-order valence-electron chi connectivity index (χ4n) is 1.03. The van der Waals surface area contributed by atoms with Gasteiger partial charge in [0.05, 0.1) is 19.1 Å². The highest BCUT2D eigenvalue weighted by Crippen LogP contribution is 2.45. The quantitative estimate of drug-likeness (QED) is 0.599. The van der Waals surface area contributed by atoms with Gasteiger partial charge in [0.25, 0.3) is 0 Å². The van der Waals surface area contributed by atoms with E-state index in [4.69, 9.17) is 9.47 Å². The molecule has 0 bridgehead atoms. The molecule has 0 spiro atoms. The van der Waals surface area contributed by atoms with Crippen LogP contribution in [0.15, 0.2) is 17.0 Å². The minimum Gasteiger partial charge on any atom is -0.497 e. The molecule has 0 heterocycles. The summed E-state index contributed by atoms with van der Waals surface area (Å²) in [6.07, 6.45) is 0. The second kappa shape index (κ2) is 5.35. The van der Waals surface area contributed by atoms with Crippen LogP contribution in [0.5, 0.6) is 11.5 Å². The lowest BCUT2D eigenvalue weighted by molar-refractivity contribution is -0.0329. The summed E-state index contributed by atoms with van der Waals surface area (Å²) in [7, 11) is 2.77. The van der Waals surface area contributed by atoms with Gasteiger partial charge in [-0.2, -0.15) is 13.2 Å². The molecule has 90 valence electrons. The average molecular weight is 364 g/mol. The zero-order chi connectivity index (χ0) is 12.3. The zero-order valence-electron chi connectivity index (χ0n) is 8.39. The summed E-state index contributed by atoms with van der Waals surface area (Å²) in [5, 5.41) is 0. The number of rotatable bonds is 3. The van der Waals surface area contributed by atoms with Crippen LogP contribution in [-0.2, 0) is 0 Å². The van der Waals surface area contributed by atoms with E-state index < -0.39 is 5.51 Å². The van der Waals surface area contributed by atoms with Crippen LogP contribution in [0.25, 0.3) is 0 Å². The fourth-order valence-corrected chi connectivity index (χ4v) is 2.56. The lowest BCUT2D eigenvalue weighted by Gasteiger charge is -2.13. The van der Waals surface area contributed by atoms with E-state index in [0.717, 1.165) is 0 Å². The summed E-state index contributed by atoms with van der Waals surface area (Å²) in [5.41, 5.74) is -4.33. The van der Waals surface area contributed by atoms with Crippen LogP contribution in [-0.4, -0.2) is 19.7 Å². The predicted octanol–water partition coefficient (Wildman–Crippen LogP) is 3.92. The maximum Gasteiger partial charge on any atom is 0.446 e. The standard InChI is InChI=1S/C9H8F3IO2S/c1-14-5-3-6(13)8(7(4-5)15-2)16-9(10,11)12/h3-4H,1-2H3. The normalized spacial score (nSPS) is 11.4. The Kier molecular flexibility index (Phi) is 4.60. The molecule has 0 aliphatic heterocycles. The third-order valence-corrected chi connectivity index (χ3v) is 3.73. The fraction of sp³-hybridized carbons (Fsp3) is 0.333. The van der Waals surface area contributed by atoms with Gasteiger partial charge in [0.1, 0.15) is 11.5 Å². The topological polar surface area (TPSA) is 18.5 Å². The average Bonchev–Trinajstić information content (AvgIpc) is 2.19. The van der Waals surface area contributed by atoms with Crippen molar-refractivity contribution in [1.82, 2.24) is 0 Å². The second-order valence-corrected chi connectivity index (χ2v) is 4.93. The number of ether oxygens (including phenoxy) is 2. The molecule has 0 aliphatic rings. The van der Waals surface area contributed by atoms with Gasteiger partial charge in [-0.1, -0.05) is 0 Å². The van der Waals surface area contributed by atoms with Crippen molar-refractivity contribution in [3.63, 3.8) is 0 Å². The number of thioether (sulfide) groups is 1. The van der Waals surface area contributed by atoms with Crippen molar-refractivity contribution < 1.29 is 22.6 Å². The maximum atomic E-state index is 12.3. The molecule has 0 unspecified atom stereocenters. The summed E-state index contributed by atoms with van der Waals surface area (Å²) in [6.45, 7) is 0. The number of hydrogen-bond donors (Lipinski definition) is 0. The lowest BCUT2D eigenvalue weighted by atomic mass is 10.3. The Morgan fingerprint density at radius 1 is 1.19 bits per heavy atom. The highest BCUT2D eigenvalue weighted by molar-refractivity contribution is 14.1. The second-order valence-electron chi connectivity index (χ2n) is 2.69. The first-order chi connectivity index (χ1) is 7.37. The highest BCUT2D eigenvalue weighted by Gasteiger charge is 2.32.